The van der Waals surface area contributed by atoms with E-state index < -0.39 is 5.97 Å². The molecule has 2 N–H and O–H groups in total. The average molecular weight is 344 g/mol. The molecule has 0 fully saturated rings. The second-order valence-electron chi connectivity index (χ2n) is 5.55. The standard InChI is InChI=1S/C22H32O3/c1-2-21(23)19-17-15-13-11-9-7-5-3-4-6-8-10-12-14-16-18-20-22(24)25/h3-4,7-10,13-17,19,21,23H,2,5-6,11-12,18,20H2,1H3,(H,24,25)/b4-3+,9-7+,10-8+,15-13+,16-14+,19-17+. The number of aliphatic hydroxyl groups is 1. The molecule has 0 heterocycles. The Morgan fingerprint density at radius 1 is 0.800 bits per heavy atom. The zero-order chi connectivity index (χ0) is 18.6. The van der Waals surface area contributed by atoms with Crippen LogP contribution >= 0.6 is 0 Å². The molecule has 0 spiro atoms. The van der Waals surface area contributed by atoms with Gasteiger partial charge >= 0.3 is 5.97 Å². The van der Waals surface area contributed by atoms with E-state index in [1.54, 1.807) is 6.08 Å². The minimum atomic E-state index is -0.751. The van der Waals surface area contributed by atoms with Crippen molar-refractivity contribution in [2.75, 3.05) is 0 Å². The highest BCUT2D eigenvalue weighted by atomic mass is 16.4. The fourth-order valence-electron chi connectivity index (χ4n) is 1.80. The lowest BCUT2D eigenvalue weighted by Gasteiger charge is -1.95. The maximum atomic E-state index is 10.3. The first-order chi connectivity index (χ1) is 12.2. The third kappa shape index (κ3) is 19.8. The number of hydrogen-bond acceptors (Lipinski definition) is 2. The van der Waals surface area contributed by atoms with E-state index in [9.17, 15) is 9.90 Å². The summed E-state index contributed by atoms with van der Waals surface area (Å²) in [5, 5.41) is 17.8. The van der Waals surface area contributed by atoms with E-state index in [0.717, 1.165) is 32.1 Å². The minimum absolute atomic E-state index is 0.199. The summed E-state index contributed by atoms with van der Waals surface area (Å²) in [6.45, 7) is 1.95. The Balaban J connectivity index is 3.59. The molecule has 1 atom stereocenters. The monoisotopic (exact) mass is 344 g/mol. The van der Waals surface area contributed by atoms with Crippen LogP contribution in [0.1, 0.15) is 51.9 Å². The van der Waals surface area contributed by atoms with E-state index in [2.05, 4.69) is 42.5 Å². The molecule has 0 aromatic rings. The summed E-state index contributed by atoms with van der Waals surface area (Å²) in [4.78, 5) is 10.3. The van der Waals surface area contributed by atoms with Crippen LogP contribution in [0.15, 0.2) is 72.9 Å². The highest BCUT2D eigenvalue weighted by molar-refractivity contribution is 5.66. The minimum Gasteiger partial charge on any atom is -0.481 e. The van der Waals surface area contributed by atoms with Crippen LogP contribution in [0.5, 0.6) is 0 Å². The van der Waals surface area contributed by atoms with Crippen LogP contribution in [0.4, 0.5) is 0 Å². The van der Waals surface area contributed by atoms with Crippen molar-refractivity contribution < 1.29 is 15.0 Å². The van der Waals surface area contributed by atoms with Crippen LogP contribution in [0, 0.1) is 0 Å². The van der Waals surface area contributed by atoms with Crippen molar-refractivity contribution in [1.29, 1.82) is 0 Å². The van der Waals surface area contributed by atoms with Crippen molar-refractivity contribution in [3.05, 3.63) is 72.9 Å². The molecule has 1 unspecified atom stereocenters. The number of aliphatic hydroxyl groups excluding tert-OH is 1. The zero-order valence-corrected chi connectivity index (χ0v) is 15.3. The first kappa shape index (κ1) is 22.9. The highest BCUT2D eigenvalue weighted by Gasteiger charge is 1.90. The third-order valence-corrected chi connectivity index (χ3v) is 3.28. The van der Waals surface area contributed by atoms with E-state index in [4.69, 9.17) is 5.11 Å². The number of aliphatic carboxylic acids is 1. The predicted molar refractivity (Wildman–Crippen MR) is 106 cm³/mol. The van der Waals surface area contributed by atoms with Crippen LogP contribution in [0.25, 0.3) is 0 Å². The molecule has 138 valence electrons. The van der Waals surface area contributed by atoms with Crippen molar-refractivity contribution in [2.45, 2.75) is 58.0 Å². The lowest BCUT2D eigenvalue weighted by Crippen LogP contribution is -1.97. The van der Waals surface area contributed by atoms with Crippen molar-refractivity contribution >= 4 is 5.97 Å². The summed E-state index contributed by atoms with van der Waals surface area (Å²) in [5.41, 5.74) is 0. The van der Waals surface area contributed by atoms with Crippen molar-refractivity contribution in [1.82, 2.24) is 0 Å². The number of hydrogen-bond donors (Lipinski definition) is 2. The number of carbonyl (C=O) groups is 1. The lowest BCUT2D eigenvalue weighted by molar-refractivity contribution is -0.136. The molecule has 0 radical (unpaired) electrons. The Hall–Kier alpha value is -2.13. The van der Waals surface area contributed by atoms with Gasteiger partial charge in [0.05, 0.1) is 6.10 Å². The van der Waals surface area contributed by atoms with Crippen molar-refractivity contribution in [3.63, 3.8) is 0 Å². The lowest BCUT2D eigenvalue weighted by atomic mass is 10.2. The summed E-state index contributed by atoms with van der Waals surface area (Å²) in [6.07, 6.45) is 29.2. The van der Waals surface area contributed by atoms with Crippen LogP contribution in [0.3, 0.4) is 0 Å². The first-order valence-corrected chi connectivity index (χ1v) is 9.00. The second-order valence-corrected chi connectivity index (χ2v) is 5.55. The van der Waals surface area contributed by atoms with Gasteiger partial charge in [0, 0.05) is 6.42 Å². The van der Waals surface area contributed by atoms with Gasteiger partial charge in [-0.05, 0) is 38.5 Å². The SMILES string of the molecule is CCC(O)/C=C/C=C/C/C=C/C/C=C/C/C=C/C/C=C/CCC(=O)O. The molecule has 0 rings (SSSR count). The van der Waals surface area contributed by atoms with E-state index in [1.165, 1.54) is 0 Å². The fraction of sp³-hybridized carbons (Fsp3) is 0.409. The third-order valence-electron chi connectivity index (χ3n) is 3.28. The Morgan fingerprint density at radius 2 is 1.28 bits per heavy atom. The molecule has 0 aliphatic rings. The Bertz CT molecular complexity index is 493. The Morgan fingerprint density at radius 3 is 1.76 bits per heavy atom. The van der Waals surface area contributed by atoms with Gasteiger partial charge in [-0.15, -0.1) is 0 Å². The molecule has 0 saturated carbocycles. The zero-order valence-electron chi connectivity index (χ0n) is 15.3. The molecular formula is C22H32O3. The number of rotatable bonds is 14. The summed E-state index contributed by atoms with van der Waals surface area (Å²) in [5.74, 6) is -0.751. The Labute approximate surface area is 152 Å². The van der Waals surface area contributed by atoms with Crippen LogP contribution in [-0.2, 0) is 4.79 Å². The van der Waals surface area contributed by atoms with Gasteiger partial charge < -0.3 is 10.2 Å². The molecule has 25 heavy (non-hydrogen) atoms. The molecule has 0 aliphatic carbocycles. The topological polar surface area (TPSA) is 57.5 Å². The number of carboxylic acids is 1. The van der Waals surface area contributed by atoms with Crippen LogP contribution in [-0.4, -0.2) is 22.3 Å². The summed E-state index contributed by atoms with van der Waals surface area (Å²) in [7, 11) is 0. The van der Waals surface area contributed by atoms with Crippen molar-refractivity contribution in [2.24, 2.45) is 0 Å². The molecule has 0 bridgehead atoms. The van der Waals surface area contributed by atoms with E-state index in [-0.39, 0.29) is 12.5 Å². The predicted octanol–water partition coefficient (Wildman–Crippen LogP) is 5.52. The fourth-order valence-corrected chi connectivity index (χ4v) is 1.80. The summed E-state index contributed by atoms with van der Waals surface area (Å²) < 4.78 is 0. The van der Waals surface area contributed by atoms with E-state index in [0.29, 0.717) is 6.42 Å². The molecule has 3 heteroatoms. The van der Waals surface area contributed by atoms with Gasteiger partial charge in [-0.2, -0.15) is 0 Å². The summed E-state index contributed by atoms with van der Waals surface area (Å²) in [6, 6.07) is 0. The normalized spacial score (nSPS) is 14.3. The molecule has 0 aromatic heterocycles. The molecule has 0 saturated heterocycles. The number of allylic oxidation sites excluding steroid dienone is 11. The Kier molecular flexibility index (Phi) is 16.7. The van der Waals surface area contributed by atoms with Gasteiger partial charge in [0.1, 0.15) is 0 Å². The van der Waals surface area contributed by atoms with Gasteiger partial charge in [0.15, 0.2) is 0 Å². The second kappa shape index (κ2) is 18.2. The molecule has 3 nitrogen and oxygen atoms in total. The summed E-state index contributed by atoms with van der Waals surface area (Å²) >= 11 is 0. The van der Waals surface area contributed by atoms with Gasteiger partial charge in [-0.25, -0.2) is 0 Å². The van der Waals surface area contributed by atoms with Gasteiger partial charge in [-0.1, -0.05) is 79.8 Å². The number of carboxylic acid groups (broad SMARTS) is 1. The average Bonchev–Trinajstić information content (AvgIpc) is 2.60. The van der Waals surface area contributed by atoms with Crippen molar-refractivity contribution in [3.8, 4) is 0 Å². The first-order valence-electron chi connectivity index (χ1n) is 9.00. The van der Waals surface area contributed by atoms with Gasteiger partial charge in [0.2, 0.25) is 0 Å². The molecule has 0 aromatic carbocycles. The van der Waals surface area contributed by atoms with Crippen LogP contribution < -0.4 is 0 Å². The van der Waals surface area contributed by atoms with E-state index in [1.807, 2.05) is 31.2 Å². The maximum Gasteiger partial charge on any atom is 0.303 e. The van der Waals surface area contributed by atoms with Crippen LogP contribution in [0.2, 0.25) is 0 Å². The smallest absolute Gasteiger partial charge is 0.303 e. The van der Waals surface area contributed by atoms with E-state index >= 15 is 0 Å². The largest absolute Gasteiger partial charge is 0.481 e. The molecule has 0 amide bonds. The van der Waals surface area contributed by atoms with Gasteiger partial charge in [-0.3, -0.25) is 4.79 Å². The quantitative estimate of drug-likeness (QED) is 0.322. The highest BCUT2D eigenvalue weighted by Crippen LogP contribution is 1.97. The maximum absolute atomic E-state index is 10.3. The van der Waals surface area contributed by atoms with Gasteiger partial charge in [0.25, 0.3) is 0 Å². The molecular weight excluding hydrogens is 312 g/mol. The molecule has 0 aliphatic heterocycles.